The number of halogens is 1. The number of carbonyl (C=O) groups is 1. The average molecular weight is 467 g/mol. The third-order valence-corrected chi connectivity index (χ3v) is 6.01. The molecule has 1 fully saturated rings. The zero-order chi connectivity index (χ0) is 23.2. The molecule has 0 aromatic heterocycles. The second kappa shape index (κ2) is 10.5. The van der Waals surface area contributed by atoms with Crippen molar-refractivity contribution in [3.8, 4) is 17.2 Å². The predicted octanol–water partition coefficient (Wildman–Crippen LogP) is 4.90. The first kappa shape index (κ1) is 22.8. The van der Waals surface area contributed by atoms with Crippen LogP contribution >= 0.6 is 11.6 Å². The third-order valence-electron chi connectivity index (χ3n) is 5.69. The van der Waals surface area contributed by atoms with Gasteiger partial charge in [0.05, 0.1) is 24.9 Å². The van der Waals surface area contributed by atoms with E-state index in [9.17, 15) is 4.79 Å². The summed E-state index contributed by atoms with van der Waals surface area (Å²) in [6.45, 7) is 2.98. The van der Waals surface area contributed by atoms with Gasteiger partial charge in [-0.1, -0.05) is 54.1 Å². The number of anilines is 1. The summed E-state index contributed by atoms with van der Waals surface area (Å²) in [5.41, 5.74) is 2.52. The molecule has 1 amide bonds. The predicted molar refractivity (Wildman–Crippen MR) is 130 cm³/mol. The number of hydrogen-bond donors (Lipinski definition) is 0. The number of amides is 1. The molecule has 1 aliphatic heterocycles. The van der Waals surface area contributed by atoms with Gasteiger partial charge in [-0.25, -0.2) is 0 Å². The smallest absolute Gasteiger partial charge is 0.254 e. The lowest BCUT2D eigenvalue weighted by Gasteiger charge is -2.36. The molecule has 4 rings (SSSR count). The van der Waals surface area contributed by atoms with E-state index in [0.29, 0.717) is 55.6 Å². The first-order valence-electron chi connectivity index (χ1n) is 10.8. The molecule has 3 aromatic carbocycles. The van der Waals surface area contributed by atoms with Crippen molar-refractivity contribution in [2.45, 2.75) is 6.61 Å². The van der Waals surface area contributed by atoms with Gasteiger partial charge in [-0.3, -0.25) is 4.79 Å². The van der Waals surface area contributed by atoms with Crippen LogP contribution in [0.5, 0.6) is 17.2 Å². The topological polar surface area (TPSA) is 51.2 Å². The van der Waals surface area contributed by atoms with E-state index in [1.807, 2.05) is 59.5 Å². The van der Waals surface area contributed by atoms with Crippen LogP contribution in [0.1, 0.15) is 15.9 Å². The minimum absolute atomic E-state index is 0.0694. The number of nitrogens with zero attached hydrogens (tertiary/aromatic N) is 2. The fraction of sp³-hybridized carbons (Fsp3) is 0.269. The molecule has 0 radical (unpaired) electrons. The number of benzene rings is 3. The van der Waals surface area contributed by atoms with Crippen molar-refractivity contribution in [3.63, 3.8) is 0 Å². The van der Waals surface area contributed by atoms with Crippen LogP contribution in [0, 0.1) is 0 Å². The minimum atomic E-state index is -0.0694. The van der Waals surface area contributed by atoms with Crippen molar-refractivity contribution in [3.05, 3.63) is 82.9 Å². The zero-order valence-corrected chi connectivity index (χ0v) is 19.5. The maximum Gasteiger partial charge on any atom is 0.254 e. The summed E-state index contributed by atoms with van der Waals surface area (Å²) in [7, 11) is 3.11. The minimum Gasteiger partial charge on any atom is -0.493 e. The average Bonchev–Trinajstić information content (AvgIpc) is 2.87. The maximum absolute atomic E-state index is 13.3. The molecule has 7 heteroatoms. The van der Waals surface area contributed by atoms with E-state index < -0.39 is 0 Å². The SMILES string of the molecule is COc1cc(C(=O)N2CCN(c3ccccc3Cl)CC2)cc(OC)c1OCc1ccccc1. The van der Waals surface area contributed by atoms with E-state index in [-0.39, 0.29) is 5.91 Å². The molecule has 0 spiro atoms. The largest absolute Gasteiger partial charge is 0.493 e. The van der Waals surface area contributed by atoms with E-state index in [1.165, 1.54) is 0 Å². The first-order chi connectivity index (χ1) is 16.1. The molecule has 1 aliphatic rings. The van der Waals surface area contributed by atoms with Gasteiger partial charge in [0, 0.05) is 31.7 Å². The van der Waals surface area contributed by atoms with Crippen LogP contribution in [-0.4, -0.2) is 51.2 Å². The second-order valence-electron chi connectivity index (χ2n) is 7.71. The molecule has 172 valence electrons. The molecule has 0 saturated carbocycles. The Bertz CT molecular complexity index is 1070. The number of carbonyl (C=O) groups excluding carboxylic acids is 1. The Morgan fingerprint density at radius 2 is 1.48 bits per heavy atom. The molecule has 0 atom stereocenters. The quantitative estimate of drug-likeness (QED) is 0.495. The van der Waals surface area contributed by atoms with Crippen LogP contribution in [0.25, 0.3) is 0 Å². The lowest BCUT2D eigenvalue weighted by atomic mass is 10.1. The molecule has 0 aliphatic carbocycles. The maximum atomic E-state index is 13.3. The summed E-state index contributed by atoms with van der Waals surface area (Å²) in [5, 5.41) is 0.720. The molecule has 3 aromatic rings. The standard InChI is InChI=1S/C26H27ClN2O4/c1-31-23-16-20(17-24(32-2)25(23)33-18-19-8-4-3-5-9-19)26(30)29-14-12-28(13-15-29)22-11-7-6-10-21(22)27/h3-11,16-17H,12-15,18H2,1-2H3. The highest BCUT2D eigenvalue weighted by Gasteiger charge is 2.25. The van der Waals surface area contributed by atoms with Crippen molar-refractivity contribution in [2.75, 3.05) is 45.3 Å². The molecular weight excluding hydrogens is 440 g/mol. The summed E-state index contributed by atoms with van der Waals surface area (Å²) in [6, 6.07) is 21.0. The highest BCUT2D eigenvalue weighted by molar-refractivity contribution is 6.33. The van der Waals surface area contributed by atoms with Gasteiger partial charge < -0.3 is 24.0 Å². The number of hydrogen-bond acceptors (Lipinski definition) is 5. The van der Waals surface area contributed by atoms with Crippen LogP contribution in [0.4, 0.5) is 5.69 Å². The Morgan fingerprint density at radius 1 is 0.879 bits per heavy atom. The fourth-order valence-electron chi connectivity index (χ4n) is 3.92. The van der Waals surface area contributed by atoms with Crippen LogP contribution in [0.3, 0.4) is 0 Å². The Hall–Kier alpha value is -3.38. The van der Waals surface area contributed by atoms with Crippen molar-refractivity contribution in [2.24, 2.45) is 0 Å². The number of piperazine rings is 1. The number of ether oxygens (including phenoxy) is 3. The van der Waals surface area contributed by atoms with Gasteiger partial charge in [-0.05, 0) is 29.8 Å². The van der Waals surface area contributed by atoms with E-state index in [1.54, 1.807) is 26.4 Å². The van der Waals surface area contributed by atoms with Gasteiger partial charge in [0.2, 0.25) is 5.75 Å². The van der Waals surface area contributed by atoms with Gasteiger partial charge in [-0.2, -0.15) is 0 Å². The molecule has 0 N–H and O–H groups in total. The van der Waals surface area contributed by atoms with Crippen molar-refractivity contribution < 1.29 is 19.0 Å². The third kappa shape index (κ3) is 5.17. The van der Waals surface area contributed by atoms with Crippen molar-refractivity contribution in [1.82, 2.24) is 4.90 Å². The van der Waals surface area contributed by atoms with Crippen LogP contribution in [0.2, 0.25) is 5.02 Å². The molecule has 0 unspecified atom stereocenters. The van der Waals surface area contributed by atoms with Gasteiger partial charge >= 0.3 is 0 Å². The second-order valence-corrected chi connectivity index (χ2v) is 8.12. The Balaban J connectivity index is 1.48. The number of rotatable bonds is 7. The summed E-state index contributed by atoms with van der Waals surface area (Å²) < 4.78 is 17.1. The highest BCUT2D eigenvalue weighted by atomic mass is 35.5. The summed E-state index contributed by atoms with van der Waals surface area (Å²) in [6.07, 6.45) is 0. The molecule has 1 heterocycles. The molecule has 0 bridgehead atoms. The van der Waals surface area contributed by atoms with Gasteiger partial charge in [-0.15, -0.1) is 0 Å². The van der Waals surface area contributed by atoms with E-state index in [2.05, 4.69) is 4.90 Å². The van der Waals surface area contributed by atoms with E-state index in [0.717, 1.165) is 16.3 Å². The van der Waals surface area contributed by atoms with Crippen LogP contribution in [0.15, 0.2) is 66.7 Å². The van der Waals surface area contributed by atoms with Crippen molar-refractivity contribution >= 4 is 23.2 Å². The van der Waals surface area contributed by atoms with Crippen LogP contribution in [-0.2, 0) is 6.61 Å². The molecule has 1 saturated heterocycles. The van der Waals surface area contributed by atoms with Gasteiger partial charge in [0.25, 0.3) is 5.91 Å². The van der Waals surface area contributed by atoms with E-state index in [4.69, 9.17) is 25.8 Å². The number of methoxy groups -OCH3 is 2. The number of para-hydroxylation sites is 1. The van der Waals surface area contributed by atoms with Crippen LogP contribution < -0.4 is 19.1 Å². The fourth-order valence-corrected chi connectivity index (χ4v) is 4.17. The summed E-state index contributed by atoms with van der Waals surface area (Å²) in [4.78, 5) is 17.3. The first-order valence-corrected chi connectivity index (χ1v) is 11.2. The lowest BCUT2D eigenvalue weighted by molar-refractivity contribution is 0.0746. The molecule has 6 nitrogen and oxygen atoms in total. The van der Waals surface area contributed by atoms with E-state index >= 15 is 0 Å². The normalized spacial score (nSPS) is 13.5. The summed E-state index contributed by atoms with van der Waals surface area (Å²) >= 11 is 6.34. The highest BCUT2D eigenvalue weighted by Crippen LogP contribution is 2.39. The van der Waals surface area contributed by atoms with Gasteiger partial charge in [0.1, 0.15) is 6.61 Å². The van der Waals surface area contributed by atoms with Gasteiger partial charge in [0.15, 0.2) is 11.5 Å². The lowest BCUT2D eigenvalue weighted by Crippen LogP contribution is -2.48. The Morgan fingerprint density at radius 3 is 2.09 bits per heavy atom. The molecular formula is C26H27ClN2O4. The van der Waals surface area contributed by atoms with Crippen molar-refractivity contribution in [1.29, 1.82) is 0 Å². The summed E-state index contributed by atoms with van der Waals surface area (Å²) in [5.74, 6) is 1.33. The monoisotopic (exact) mass is 466 g/mol. The molecule has 33 heavy (non-hydrogen) atoms. The Labute approximate surface area is 199 Å². The Kier molecular flexibility index (Phi) is 7.25. The zero-order valence-electron chi connectivity index (χ0n) is 18.8.